The van der Waals surface area contributed by atoms with Crippen molar-refractivity contribution >= 4 is 38.0 Å². The molecule has 2 unspecified atom stereocenters. The predicted molar refractivity (Wildman–Crippen MR) is 118 cm³/mol. The number of morpholine rings is 1. The van der Waals surface area contributed by atoms with Gasteiger partial charge in [0.05, 0.1) is 29.6 Å². The van der Waals surface area contributed by atoms with E-state index in [9.17, 15) is 8.42 Å². The standard InChI is InChI=1S/C20H23N7O3S/c1-12-17(30-11-9-22-12)16-13-8-10-26(31(3,28)29)18(13)25-20(24-16)27-15-7-5-4-6-14(15)23-19(27)21-2/h4-8,10,12,17,22H,9,11H2,1-3H3,(H,21,23). The van der Waals surface area contributed by atoms with Gasteiger partial charge in [-0.05, 0) is 25.1 Å². The molecule has 1 aliphatic heterocycles. The van der Waals surface area contributed by atoms with Crippen LogP contribution in [0.3, 0.4) is 0 Å². The molecule has 2 N–H and O–H groups in total. The maximum Gasteiger partial charge on any atom is 0.239 e. The van der Waals surface area contributed by atoms with Crippen molar-refractivity contribution in [2.24, 2.45) is 0 Å². The molecule has 5 rings (SSSR count). The molecular weight excluding hydrogens is 418 g/mol. The molecule has 11 heteroatoms. The lowest BCUT2D eigenvalue weighted by atomic mass is 10.1. The van der Waals surface area contributed by atoms with E-state index < -0.39 is 10.0 Å². The largest absolute Gasteiger partial charge is 0.369 e. The first-order valence-corrected chi connectivity index (χ1v) is 11.8. The first kappa shape index (κ1) is 19.9. The minimum atomic E-state index is -3.56. The fourth-order valence-electron chi connectivity index (χ4n) is 4.02. The average Bonchev–Trinajstić information content (AvgIpc) is 3.34. The van der Waals surface area contributed by atoms with Crippen LogP contribution in [-0.2, 0) is 14.8 Å². The summed E-state index contributed by atoms with van der Waals surface area (Å²) >= 11 is 0. The molecule has 1 fully saturated rings. The summed E-state index contributed by atoms with van der Waals surface area (Å²) in [7, 11) is -1.79. The van der Waals surface area contributed by atoms with E-state index in [0.29, 0.717) is 35.2 Å². The molecule has 1 aromatic carbocycles. The molecule has 31 heavy (non-hydrogen) atoms. The van der Waals surface area contributed by atoms with Gasteiger partial charge >= 0.3 is 0 Å². The topological polar surface area (TPSA) is 116 Å². The number of ether oxygens (including phenoxy) is 1. The summed E-state index contributed by atoms with van der Waals surface area (Å²) in [5.74, 6) is 0.880. The quantitative estimate of drug-likeness (QED) is 0.491. The van der Waals surface area contributed by atoms with Gasteiger partial charge in [0.25, 0.3) is 0 Å². The highest BCUT2D eigenvalue weighted by atomic mass is 32.2. The number of aromatic nitrogens is 5. The number of hydrogen-bond donors (Lipinski definition) is 2. The second kappa shape index (κ2) is 7.29. The molecule has 4 heterocycles. The number of anilines is 1. The molecule has 10 nitrogen and oxygen atoms in total. The highest BCUT2D eigenvalue weighted by molar-refractivity contribution is 7.89. The highest BCUT2D eigenvalue weighted by Crippen LogP contribution is 2.32. The molecule has 3 aromatic heterocycles. The van der Waals surface area contributed by atoms with Crippen LogP contribution in [0.5, 0.6) is 0 Å². The molecule has 0 aliphatic carbocycles. The number of imidazole rings is 1. The number of nitrogens with zero attached hydrogens (tertiary/aromatic N) is 5. The Morgan fingerprint density at radius 2 is 2.00 bits per heavy atom. The smallest absolute Gasteiger partial charge is 0.239 e. The summed E-state index contributed by atoms with van der Waals surface area (Å²) in [5.41, 5.74) is 2.54. The van der Waals surface area contributed by atoms with Crippen molar-refractivity contribution in [2.45, 2.75) is 19.1 Å². The Hall–Kier alpha value is -3.02. The van der Waals surface area contributed by atoms with E-state index in [4.69, 9.17) is 9.72 Å². The van der Waals surface area contributed by atoms with Gasteiger partial charge in [-0.3, -0.25) is 0 Å². The molecule has 4 aromatic rings. The molecular formula is C20H23N7O3S. The van der Waals surface area contributed by atoms with Crippen LogP contribution in [0.2, 0.25) is 0 Å². The van der Waals surface area contributed by atoms with Crippen molar-refractivity contribution in [1.82, 2.24) is 28.8 Å². The number of para-hydroxylation sites is 2. The highest BCUT2D eigenvalue weighted by Gasteiger charge is 2.30. The third-order valence-corrected chi connectivity index (χ3v) is 6.47. The minimum absolute atomic E-state index is 0.00425. The Bertz CT molecular complexity index is 1390. The van der Waals surface area contributed by atoms with Crippen LogP contribution in [0.15, 0.2) is 36.5 Å². The summed E-state index contributed by atoms with van der Waals surface area (Å²) in [4.78, 5) is 14.1. The number of fused-ring (bicyclic) bond motifs is 2. The second-order valence-corrected chi connectivity index (χ2v) is 9.42. The first-order chi connectivity index (χ1) is 14.9. The van der Waals surface area contributed by atoms with Crippen molar-refractivity contribution in [3.05, 3.63) is 42.2 Å². The lowest BCUT2D eigenvalue weighted by Gasteiger charge is -2.30. The van der Waals surface area contributed by atoms with Gasteiger partial charge in [0, 0.05) is 31.2 Å². The zero-order chi connectivity index (χ0) is 21.8. The molecule has 2 atom stereocenters. The van der Waals surface area contributed by atoms with Gasteiger partial charge in [-0.25, -0.2) is 26.9 Å². The summed E-state index contributed by atoms with van der Waals surface area (Å²) in [6.45, 7) is 3.31. The van der Waals surface area contributed by atoms with E-state index in [1.807, 2.05) is 31.2 Å². The average molecular weight is 442 g/mol. The first-order valence-electron chi connectivity index (χ1n) is 9.98. The van der Waals surface area contributed by atoms with Crippen LogP contribution in [0.4, 0.5) is 5.95 Å². The summed E-state index contributed by atoms with van der Waals surface area (Å²) in [6.07, 6.45) is 2.32. The third kappa shape index (κ3) is 3.25. The normalized spacial score (nSPS) is 19.8. The molecule has 0 spiro atoms. The number of benzene rings is 1. The monoisotopic (exact) mass is 441 g/mol. The Balaban J connectivity index is 1.84. The van der Waals surface area contributed by atoms with Gasteiger partial charge in [-0.15, -0.1) is 0 Å². The Morgan fingerprint density at radius 3 is 2.74 bits per heavy atom. The maximum atomic E-state index is 12.4. The van der Waals surface area contributed by atoms with Gasteiger partial charge < -0.3 is 15.4 Å². The fraction of sp³-hybridized carbons (Fsp3) is 0.350. The maximum absolute atomic E-state index is 12.4. The van der Waals surface area contributed by atoms with Crippen LogP contribution >= 0.6 is 0 Å². The van der Waals surface area contributed by atoms with Crippen LogP contribution in [0.25, 0.3) is 28.0 Å². The van der Waals surface area contributed by atoms with Crippen LogP contribution < -0.4 is 10.6 Å². The summed E-state index contributed by atoms with van der Waals surface area (Å²) < 4.78 is 33.9. The molecule has 0 radical (unpaired) electrons. The summed E-state index contributed by atoms with van der Waals surface area (Å²) in [5, 5.41) is 7.12. The lowest BCUT2D eigenvalue weighted by molar-refractivity contribution is -0.00189. The number of nitrogens with one attached hydrogen (secondary N) is 2. The molecule has 162 valence electrons. The molecule has 1 aliphatic rings. The van der Waals surface area contributed by atoms with Crippen molar-refractivity contribution in [3.8, 4) is 5.95 Å². The van der Waals surface area contributed by atoms with E-state index >= 15 is 0 Å². The van der Waals surface area contributed by atoms with Gasteiger partial charge in [-0.2, -0.15) is 4.98 Å². The van der Waals surface area contributed by atoms with E-state index in [1.165, 1.54) is 10.2 Å². The second-order valence-electron chi connectivity index (χ2n) is 7.56. The molecule has 1 saturated heterocycles. The van der Waals surface area contributed by atoms with Crippen molar-refractivity contribution in [3.63, 3.8) is 0 Å². The SMILES string of the molecule is CNc1nc2ccccc2n1-c1nc(C2OCCNC2C)c2ccn(S(C)(=O)=O)c2n1. The molecule has 0 amide bonds. The minimum Gasteiger partial charge on any atom is -0.369 e. The Kier molecular flexibility index (Phi) is 4.68. The number of hydrogen-bond acceptors (Lipinski definition) is 8. The van der Waals surface area contributed by atoms with Gasteiger partial charge in [-0.1, -0.05) is 12.1 Å². The lowest BCUT2D eigenvalue weighted by Crippen LogP contribution is -2.41. The van der Waals surface area contributed by atoms with Crippen LogP contribution in [0.1, 0.15) is 18.7 Å². The van der Waals surface area contributed by atoms with Crippen molar-refractivity contribution in [2.75, 3.05) is 31.8 Å². The fourth-order valence-corrected chi connectivity index (χ4v) is 4.76. The zero-order valence-electron chi connectivity index (χ0n) is 17.4. The van der Waals surface area contributed by atoms with Gasteiger partial charge in [0.1, 0.15) is 6.10 Å². The third-order valence-electron chi connectivity index (χ3n) is 5.46. The van der Waals surface area contributed by atoms with Crippen molar-refractivity contribution in [1.29, 1.82) is 0 Å². The van der Waals surface area contributed by atoms with E-state index in [1.54, 1.807) is 17.7 Å². The van der Waals surface area contributed by atoms with E-state index in [0.717, 1.165) is 23.8 Å². The van der Waals surface area contributed by atoms with Crippen molar-refractivity contribution < 1.29 is 13.2 Å². The predicted octanol–water partition coefficient (Wildman–Crippen LogP) is 1.67. The summed E-state index contributed by atoms with van der Waals surface area (Å²) in [6, 6.07) is 9.38. The molecule has 0 saturated carbocycles. The van der Waals surface area contributed by atoms with Crippen LogP contribution in [-0.4, -0.2) is 64.4 Å². The van der Waals surface area contributed by atoms with Gasteiger partial charge in [0.15, 0.2) is 5.65 Å². The number of rotatable bonds is 4. The van der Waals surface area contributed by atoms with Crippen LogP contribution in [0, 0.1) is 0 Å². The molecule has 0 bridgehead atoms. The van der Waals surface area contributed by atoms with Gasteiger partial charge in [0.2, 0.25) is 21.9 Å². The van der Waals surface area contributed by atoms with E-state index in [2.05, 4.69) is 20.6 Å². The zero-order valence-corrected chi connectivity index (χ0v) is 18.2. The Labute approximate surface area is 179 Å². The van der Waals surface area contributed by atoms with E-state index in [-0.39, 0.29) is 12.1 Å². The Morgan fingerprint density at radius 1 is 1.19 bits per heavy atom.